The van der Waals surface area contributed by atoms with Gasteiger partial charge in [-0.1, -0.05) is 31.2 Å². The van der Waals surface area contributed by atoms with Crippen LogP contribution in [-0.2, 0) is 30.6 Å². The van der Waals surface area contributed by atoms with Gasteiger partial charge in [-0.3, -0.25) is 4.79 Å². The molecule has 2 aromatic rings. The lowest BCUT2D eigenvalue weighted by Crippen LogP contribution is -2.34. The van der Waals surface area contributed by atoms with Crippen LogP contribution >= 0.6 is 0 Å². The van der Waals surface area contributed by atoms with Crippen LogP contribution in [0.1, 0.15) is 49.6 Å². The van der Waals surface area contributed by atoms with Crippen LogP contribution in [0.25, 0.3) is 0 Å². The summed E-state index contributed by atoms with van der Waals surface area (Å²) in [6.45, 7) is 8.76. The standard InChI is InChI=1S/C22H30N4O/c1-4-16-7-9-17(10-8-16)14-23-21(27)18-11-12-20-19(13-18)15-24-22(25-20)26(5-2)6-3/h7-10,15,18H,4-6,11-14H2,1-3H3,(H,23,27). The van der Waals surface area contributed by atoms with Crippen molar-refractivity contribution in [3.8, 4) is 0 Å². The van der Waals surface area contributed by atoms with Gasteiger partial charge in [0.1, 0.15) is 0 Å². The van der Waals surface area contributed by atoms with Gasteiger partial charge in [0.05, 0.1) is 0 Å². The predicted molar refractivity (Wildman–Crippen MR) is 109 cm³/mol. The first kappa shape index (κ1) is 19.3. The second-order valence-electron chi connectivity index (χ2n) is 7.14. The first-order valence-electron chi connectivity index (χ1n) is 10.1. The molecule has 1 aliphatic carbocycles. The molecule has 144 valence electrons. The van der Waals surface area contributed by atoms with E-state index < -0.39 is 0 Å². The number of amides is 1. The van der Waals surface area contributed by atoms with Crippen LogP contribution in [0.15, 0.2) is 30.5 Å². The highest BCUT2D eigenvalue weighted by Crippen LogP contribution is 2.25. The van der Waals surface area contributed by atoms with E-state index in [1.54, 1.807) is 0 Å². The molecule has 5 heteroatoms. The summed E-state index contributed by atoms with van der Waals surface area (Å²) in [7, 11) is 0. The van der Waals surface area contributed by atoms with Crippen molar-refractivity contribution >= 4 is 11.9 Å². The monoisotopic (exact) mass is 366 g/mol. The Balaban J connectivity index is 1.58. The predicted octanol–water partition coefficient (Wildman–Crippen LogP) is 3.31. The van der Waals surface area contributed by atoms with Crippen LogP contribution in [0.3, 0.4) is 0 Å². The largest absolute Gasteiger partial charge is 0.352 e. The summed E-state index contributed by atoms with van der Waals surface area (Å²) in [5, 5.41) is 3.10. The topological polar surface area (TPSA) is 58.1 Å². The fraction of sp³-hybridized carbons (Fsp3) is 0.500. The summed E-state index contributed by atoms with van der Waals surface area (Å²) in [5.41, 5.74) is 4.68. The summed E-state index contributed by atoms with van der Waals surface area (Å²) >= 11 is 0. The molecular formula is C22H30N4O. The number of nitrogens with zero attached hydrogens (tertiary/aromatic N) is 3. The number of carbonyl (C=O) groups excluding carboxylic acids is 1. The first-order valence-corrected chi connectivity index (χ1v) is 10.1. The van der Waals surface area contributed by atoms with E-state index in [9.17, 15) is 4.79 Å². The fourth-order valence-electron chi connectivity index (χ4n) is 3.61. The van der Waals surface area contributed by atoms with E-state index in [0.717, 1.165) is 61.5 Å². The smallest absolute Gasteiger partial charge is 0.225 e. The molecule has 1 aromatic heterocycles. The van der Waals surface area contributed by atoms with Crippen LogP contribution in [0, 0.1) is 5.92 Å². The van der Waals surface area contributed by atoms with E-state index in [1.807, 2.05) is 6.20 Å². The van der Waals surface area contributed by atoms with Gasteiger partial charge in [-0.15, -0.1) is 0 Å². The molecule has 0 saturated carbocycles. The lowest BCUT2D eigenvalue weighted by Gasteiger charge is -2.25. The minimum atomic E-state index is 0.00955. The highest BCUT2D eigenvalue weighted by Gasteiger charge is 2.26. The van der Waals surface area contributed by atoms with Crippen molar-refractivity contribution in [3.63, 3.8) is 0 Å². The van der Waals surface area contributed by atoms with Crippen molar-refractivity contribution in [2.75, 3.05) is 18.0 Å². The Morgan fingerprint density at radius 3 is 2.52 bits per heavy atom. The zero-order chi connectivity index (χ0) is 19.2. The molecule has 0 fully saturated rings. The maximum Gasteiger partial charge on any atom is 0.225 e. The van der Waals surface area contributed by atoms with Crippen molar-refractivity contribution in [3.05, 3.63) is 52.8 Å². The van der Waals surface area contributed by atoms with Gasteiger partial charge in [-0.05, 0) is 56.2 Å². The fourth-order valence-corrected chi connectivity index (χ4v) is 3.61. The Hall–Kier alpha value is -2.43. The number of hydrogen-bond donors (Lipinski definition) is 1. The molecule has 0 aliphatic heterocycles. The highest BCUT2D eigenvalue weighted by molar-refractivity contribution is 5.79. The number of hydrogen-bond acceptors (Lipinski definition) is 4. The molecule has 5 nitrogen and oxygen atoms in total. The van der Waals surface area contributed by atoms with Crippen LogP contribution in [0.5, 0.6) is 0 Å². The van der Waals surface area contributed by atoms with E-state index in [-0.39, 0.29) is 11.8 Å². The average Bonchev–Trinajstić information content (AvgIpc) is 2.72. The van der Waals surface area contributed by atoms with E-state index >= 15 is 0 Å². The number of aryl methyl sites for hydroxylation is 2. The Morgan fingerprint density at radius 2 is 1.85 bits per heavy atom. The molecule has 1 aliphatic rings. The van der Waals surface area contributed by atoms with Crippen molar-refractivity contribution in [1.29, 1.82) is 0 Å². The number of carbonyl (C=O) groups is 1. The van der Waals surface area contributed by atoms with E-state index in [2.05, 4.69) is 60.2 Å². The number of anilines is 1. The molecule has 1 amide bonds. The molecule has 0 radical (unpaired) electrons. The van der Waals surface area contributed by atoms with Gasteiger partial charge in [0.15, 0.2) is 0 Å². The second kappa shape index (κ2) is 8.98. The Bertz CT molecular complexity index is 768. The lowest BCUT2D eigenvalue weighted by molar-refractivity contribution is -0.125. The SMILES string of the molecule is CCc1ccc(CNC(=O)C2CCc3nc(N(CC)CC)ncc3C2)cc1. The van der Waals surface area contributed by atoms with Crippen molar-refractivity contribution in [2.45, 2.75) is 53.0 Å². The molecule has 0 saturated heterocycles. The van der Waals surface area contributed by atoms with E-state index in [1.165, 1.54) is 5.56 Å². The first-order chi connectivity index (χ1) is 13.1. The lowest BCUT2D eigenvalue weighted by atomic mass is 9.86. The van der Waals surface area contributed by atoms with Crippen molar-refractivity contribution in [2.24, 2.45) is 5.92 Å². The molecule has 1 unspecified atom stereocenters. The number of benzene rings is 1. The minimum absolute atomic E-state index is 0.00955. The zero-order valence-corrected chi connectivity index (χ0v) is 16.7. The summed E-state index contributed by atoms with van der Waals surface area (Å²) in [5.74, 6) is 0.945. The Kier molecular flexibility index (Phi) is 6.43. The van der Waals surface area contributed by atoms with Gasteiger partial charge in [0, 0.05) is 37.4 Å². The van der Waals surface area contributed by atoms with E-state index in [4.69, 9.17) is 4.98 Å². The molecule has 27 heavy (non-hydrogen) atoms. The summed E-state index contributed by atoms with van der Waals surface area (Å²) in [6, 6.07) is 8.45. The molecule has 0 bridgehead atoms. The molecule has 1 aromatic carbocycles. The average molecular weight is 367 g/mol. The maximum atomic E-state index is 12.6. The third-order valence-electron chi connectivity index (χ3n) is 5.45. The third kappa shape index (κ3) is 4.65. The van der Waals surface area contributed by atoms with Gasteiger partial charge in [-0.25, -0.2) is 9.97 Å². The van der Waals surface area contributed by atoms with E-state index in [0.29, 0.717) is 6.54 Å². The van der Waals surface area contributed by atoms with Crippen LogP contribution < -0.4 is 10.2 Å². The number of aromatic nitrogens is 2. The third-order valence-corrected chi connectivity index (χ3v) is 5.45. The van der Waals surface area contributed by atoms with Gasteiger partial charge < -0.3 is 10.2 Å². The second-order valence-corrected chi connectivity index (χ2v) is 7.14. The summed E-state index contributed by atoms with van der Waals surface area (Å²) in [4.78, 5) is 24.0. The maximum absolute atomic E-state index is 12.6. The minimum Gasteiger partial charge on any atom is -0.352 e. The van der Waals surface area contributed by atoms with Crippen LogP contribution in [0.2, 0.25) is 0 Å². The molecule has 1 N–H and O–H groups in total. The molecule has 0 spiro atoms. The van der Waals surface area contributed by atoms with Gasteiger partial charge >= 0.3 is 0 Å². The highest BCUT2D eigenvalue weighted by atomic mass is 16.1. The van der Waals surface area contributed by atoms with Gasteiger partial charge in [-0.2, -0.15) is 0 Å². The summed E-state index contributed by atoms with van der Waals surface area (Å²) in [6.07, 6.45) is 5.37. The van der Waals surface area contributed by atoms with Crippen molar-refractivity contribution in [1.82, 2.24) is 15.3 Å². The van der Waals surface area contributed by atoms with Gasteiger partial charge in [0.2, 0.25) is 11.9 Å². The normalized spacial score (nSPS) is 15.9. The zero-order valence-electron chi connectivity index (χ0n) is 16.7. The summed E-state index contributed by atoms with van der Waals surface area (Å²) < 4.78 is 0. The van der Waals surface area contributed by atoms with Crippen LogP contribution in [0.4, 0.5) is 5.95 Å². The van der Waals surface area contributed by atoms with Crippen molar-refractivity contribution < 1.29 is 4.79 Å². The number of nitrogens with one attached hydrogen (secondary N) is 1. The van der Waals surface area contributed by atoms with Gasteiger partial charge in [0.25, 0.3) is 0 Å². The molecular weight excluding hydrogens is 336 g/mol. The molecule has 1 atom stereocenters. The molecule has 3 rings (SSSR count). The number of fused-ring (bicyclic) bond motifs is 1. The van der Waals surface area contributed by atoms with Crippen LogP contribution in [-0.4, -0.2) is 29.0 Å². The quantitative estimate of drug-likeness (QED) is 0.817. The number of rotatable bonds is 7. The Labute approximate surface area is 162 Å². The Morgan fingerprint density at radius 1 is 1.15 bits per heavy atom. The molecule has 1 heterocycles.